The number of piperazine rings is 1. The third-order valence-electron chi connectivity index (χ3n) is 8.64. The van der Waals surface area contributed by atoms with Gasteiger partial charge in [0, 0.05) is 24.0 Å². The van der Waals surface area contributed by atoms with Crippen molar-refractivity contribution in [1.29, 1.82) is 5.26 Å². The van der Waals surface area contributed by atoms with Crippen molar-refractivity contribution in [2.75, 3.05) is 23.3 Å². The summed E-state index contributed by atoms with van der Waals surface area (Å²) in [7, 11) is 0. The number of hydrogen-bond acceptors (Lipinski definition) is 10. The zero-order valence-electron chi connectivity index (χ0n) is 27.4. The van der Waals surface area contributed by atoms with Crippen molar-refractivity contribution in [2.45, 2.75) is 84.5 Å². The maximum absolute atomic E-state index is 15.3. The molecular weight excluding hydrogens is 659 g/mol. The average molecular weight is 693 g/mol. The molecule has 4 aromatic rings. The Labute approximate surface area is 285 Å². The molecule has 48 heavy (non-hydrogen) atoms. The smallest absolute Gasteiger partial charge is 0.412 e. The Morgan fingerprint density at radius 2 is 1.79 bits per heavy atom. The minimum atomic E-state index is -0.768. The van der Waals surface area contributed by atoms with Crippen molar-refractivity contribution in [3.8, 4) is 17.2 Å². The van der Waals surface area contributed by atoms with E-state index in [1.165, 1.54) is 12.4 Å². The maximum atomic E-state index is 15.3. The first-order valence-electron chi connectivity index (χ1n) is 15.6. The normalized spacial score (nSPS) is 18.8. The fourth-order valence-corrected chi connectivity index (χ4v) is 8.31. The van der Waals surface area contributed by atoms with Gasteiger partial charge in [-0.3, -0.25) is 5.32 Å². The van der Waals surface area contributed by atoms with Gasteiger partial charge >= 0.3 is 12.2 Å². The number of anilines is 2. The van der Waals surface area contributed by atoms with E-state index >= 15 is 4.39 Å². The summed E-state index contributed by atoms with van der Waals surface area (Å²) in [5.41, 5.74) is 2.03. The van der Waals surface area contributed by atoms with Crippen molar-refractivity contribution in [1.82, 2.24) is 14.9 Å². The lowest BCUT2D eigenvalue weighted by Crippen LogP contribution is -2.50. The molecule has 14 heteroatoms. The number of rotatable bonds is 3. The number of nitrogens with one attached hydrogen (secondary N) is 1. The van der Waals surface area contributed by atoms with Crippen LogP contribution < -0.4 is 10.2 Å². The van der Waals surface area contributed by atoms with Gasteiger partial charge < -0.3 is 24.0 Å². The summed E-state index contributed by atoms with van der Waals surface area (Å²) < 4.78 is 32.6. The van der Waals surface area contributed by atoms with Gasteiger partial charge in [-0.05, 0) is 70.7 Å². The Bertz CT molecular complexity index is 2070. The van der Waals surface area contributed by atoms with E-state index in [-0.39, 0.29) is 46.7 Å². The van der Waals surface area contributed by atoms with Gasteiger partial charge in [-0.15, -0.1) is 11.3 Å². The number of aromatic nitrogens is 2. The average Bonchev–Trinajstić information content (AvgIpc) is 3.79. The van der Waals surface area contributed by atoms with E-state index in [1.54, 1.807) is 31.7 Å². The minimum absolute atomic E-state index is 0.0205. The number of nitriles is 1. The van der Waals surface area contributed by atoms with Crippen molar-refractivity contribution in [2.24, 2.45) is 0 Å². The van der Waals surface area contributed by atoms with Gasteiger partial charge in [-0.25, -0.2) is 23.9 Å². The van der Waals surface area contributed by atoms with Crippen LogP contribution in [0.2, 0.25) is 5.02 Å². The second-order valence-electron chi connectivity index (χ2n) is 14.2. The van der Waals surface area contributed by atoms with Gasteiger partial charge in [0.05, 0.1) is 51.5 Å². The second kappa shape index (κ2) is 11.4. The molecule has 5 heterocycles. The van der Waals surface area contributed by atoms with Crippen molar-refractivity contribution >= 4 is 66.9 Å². The number of nitrogens with zero attached hydrogens (tertiary/aromatic N) is 5. The zero-order valence-corrected chi connectivity index (χ0v) is 28.9. The standard InChI is InChI=1S/C34H34ClFN6O5S/c1-33(2,3)46-31(43)40-30-19(10-37)24-18(7-8-22(36)28(24)48-30)23-20-13-45-14-21(20)25-27(26(23)35)38-15-39-29(25)41-11-17-9-16(41)12-42(17)32(44)47-34(4,5)6/h7-8,15-17H,9,11-14H2,1-6H3,(H,40,43)/t16-,17-/m1/s1. The fraction of sp³-hybridized carbons (Fsp3) is 0.441. The summed E-state index contributed by atoms with van der Waals surface area (Å²) in [4.78, 5) is 38.9. The van der Waals surface area contributed by atoms with E-state index in [0.29, 0.717) is 46.0 Å². The van der Waals surface area contributed by atoms with Crippen molar-refractivity contribution in [3.63, 3.8) is 0 Å². The lowest BCUT2D eigenvalue weighted by molar-refractivity contribution is 0.0214. The Hall–Kier alpha value is -4.25. The topological polar surface area (TPSA) is 130 Å². The molecule has 11 nitrogen and oxygen atoms in total. The monoisotopic (exact) mass is 692 g/mol. The maximum Gasteiger partial charge on any atom is 0.412 e. The van der Waals surface area contributed by atoms with Gasteiger partial charge in [0.25, 0.3) is 0 Å². The van der Waals surface area contributed by atoms with Crippen LogP contribution in [-0.2, 0) is 27.4 Å². The Morgan fingerprint density at radius 1 is 1.06 bits per heavy atom. The molecule has 0 saturated carbocycles. The largest absolute Gasteiger partial charge is 0.444 e. The van der Waals surface area contributed by atoms with Gasteiger partial charge in [-0.2, -0.15) is 5.26 Å². The lowest BCUT2D eigenvalue weighted by Gasteiger charge is -2.36. The molecule has 2 aromatic carbocycles. The Morgan fingerprint density at radius 3 is 2.46 bits per heavy atom. The van der Waals surface area contributed by atoms with Gasteiger partial charge in [0.1, 0.15) is 40.2 Å². The molecule has 2 amide bonds. The molecule has 2 saturated heterocycles. The summed E-state index contributed by atoms with van der Waals surface area (Å²) in [5, 5.41) is 14.5. The van der Waals surface area contributed by atoms with Crippen LogP contribution in [0.15, 0.2) is 18.5 Å². The Kier molecular flexibility index (Phi) is 7.69. The predicted molar refractivity (Wildman–Crippen MR) is 181 cm³/mol. The molecular formula is C34H34ClFN6O5S. The predicted octanol–water partition coefficient (Wildman–Crippen LogP) is 7.75. The molecule has 2 atom stereocenters. The van der Waals surface area contributed by atoms with Crippen LogP contribution >= 0.6 is 22.9 Å². The van der Waals surface area contributed by atoms with Crippen LogP contribution in [0.3, 0.4) is 0 Å². The number of hydrogen-bond donors (Lipinski definition) is 1. The van der Waals surface area contributed by atoms with Crippen LogP contribution in [0.4, 0.5) is 24.8 Å². The number of carbonyl (C=O) groups is 2. The van der Waals surface area contributed by atoms with E-state index in [0.717, 1.165) is 34.3 Å². The Balaban J connectivity index is 1.32. The minimum Gasteiger partial charge on any atom is -0.444 e. The third kappa shape index (κ3) is 5.45. The van der Waals surface area contributed by atoms with Crippen LogP contribution in [0.5, 0.6) is 0 Å². The molecule has 0 aliphatic carbocycles. The van der Waals surface area contributed by atoms with Crippen LogP contribution in [-0.4, -0.2) is 63.4 Å². The van der Waals surface area contributed by atoms with E-state index in [9.17, 15) is 14.9 Å². The number of ether oxygens (including phenoxy) is 3. The highest BCUT2D eigenvalue weighted by atomic mass is 35.5. The van der Waals surface area contributed by atoms with Crippen molar-refractivity contribution < 1.29 is 28.2 Å². The highest BCUT2D eigenvalue weighted by Crippen LogP contribution is 2.50. The molecule has 3 aliphatic heterocycles. The highest BCUT2D eigenvalue weighted by Gasteiger charge is 2.48. The number of benzene rings is 2. The summed E-state index contributed by atoms with van der Waals surface area (Å²) in [6, 6.07) is 5.11. The zero-order chi connectivity index (χ0) is 34.3. The first-order valence-corrected chi connectivity index (χ1v) is 16.8. The summed E-state index contributed by atoms with van der Waals surface area (Å²) >= 11 is 8.21. The number of fused-ring (bicyclic) bond motifs is 6. The first-order chi connectivity index (χ1) is 22.6. The van der Waals surface area contributed by atoms with Gasteiger partial charge in [-0.1, -0.05) is 17.7 Å². The molecule has 0 spiro atoms. The van der Waals surface area contributed by atoms with E-state index in [1.807, 2.05) is 20.8 Å². The first kappa shape index (κ1) is 32.3. The van der Waals surface area contributed by atoms with Crippen molar-refractivity contribution in [3.05, 3.63) is 46.0 Å². The number of carbonyl (C=O) groups excluding carboxylic acids is 2. The van der Waals surface area contributed by atoms with E-state index < -0.39 is 23.1 Å². The fourth-order valence-electron chi connectivity index (χ4n) is 6.89. The number of halogens is 2. The number of thiophene rings is 1. The lowest BCUT2D eigenvalue weighted by atomic mass is 9.91. The molecule has 7 rings (SSSR count). The van der Waals surface area contributed by atoms with Crippen LogP contribution in [0.1, 0.15) is 64.7 Å². The van der Waals surface area contributed by atoms with E-state index in [2.05, 4.69) is 21.3 Å². The molecule has 3 aliphatic rings. The van der Waals surface area contributed by atoms with E-state index in [4.69, 9.17) is 30.8 Å². The number of amides is 2. The molecule has 0 radical (unpaired) electrons. The molecule has 2 fully saturated rings. The second-order valence-corrected chi connectivity index (χ2v) is 15.6. The molecule has 2 bridgehead atoms. The van der Waals surface area contributed by atoms with Crippen LogP contribution in [0, 0.1) is 17.1 Å². The van der Waals surface area contributed by atoms with Crippen LogP contribution in [0.25, 0.3) is 32.1 Å². The summed E-state index contributed by atoms with van der Waals surface area (Å²) in [6.45, 7) is 12.4. The van der Waals surface area contributed by atoms with Gasteiger partial charge in [0.2, 0.25) is 0 Å². The summed E-state index contributed by atoms with van der Waals surface area (Å²) in [6.07, 6.45) is 1.20. The van der Waals surface area contributed by atoms with Gasteiger partial charge in [0.15, 0.2) is 0 Å². The molecule has 1 N–H and O–H groups in total. The quantitative estimate of drug-likeness (QED) is 0.229. The molecule has 250 valence electrons. The SMILES string of the molecule is CC(C)(C)OC(=O)Nc1sc2c(F)ccc(-c3c4c(c5c(N6C[C@H]7C[C@@H]6CN7C(=O)OC(C)(C)C)ncnc5c3Cl)COC4)c2c1C#N. The molecule has 0 unspecified atom stereocenters. The number of likely N-dealkylation sites (tertiary alicyclic amines) is 1. The highest BCUT2D eigenvalue weighted by molar-refractivity contribution is 7.23. The summed E-state index contributed by atoms with van der Waals surface area (Å²) in [5.74, 6) is 0.180. The molecule has 2 aromatic heterocycles. The third-order valence-corrected chi connectivity index (χ3v) is 10.1.